The lowest BCUT2D eigenvalue weighted by molar-refractivity contribution is -0.394. The number of rotatable bonds is 6. The third kappa shape index (κ3) is 4.70. The average molecular weight is 313 g/mol. The monoisotopic (exact) mass is 313 g/mol. The van der Waals surface area contributed by atoms with Crippen LogP contribution < -0.4 is 10.1 Å². The van der Waals surface area contributed by atoms with Crippen molar-refractivity contribution in [2.45, 2.75) is 6.92 Å². The topological polar surface area (TPSA) is 151 Å². The minimum Gasteiger partial charge on any atom is -0.465 e. The Balaban J connectivity index is 2.80. The van der Waals surface area contributed by atoms with E-state index in [0.29, 0.717) is 6.07 Å². The number of carbonyl (C=O) groups is 2. The van der Waals surface area contributed by atoms with Crippen LogP contribution in [0.25, 0.3) is 0 Å². The Bertz CT molecular complexity index is 615. The molecule has 11 heteroatoms. The van der Waals surface area contributed by atoms with Crippen LogP contribution >= 0.6 is 0 Å². The SMILES string of the molecule is CCOC(=O)CNC(=O)Oc1ccc([N+](=O)[O-])cc1[N+](=O)[O-]. The van der Waals surface area contributed by atoms with E-state index in [1.165, 1.54) is 0 Å². The number of amides is 1. The average Bonchev–Trinajstić information content (AvgIpc) is 2.45. The maximum absolute atomic E-state index is 11.4. The highest BCUT2D eigenvalue weighted by molar-refractivity contribution is 5.79. The van der Waals surface area contributed by atoms with Crippen LogP contribution in [0.1, 0.15) is 6.92 Å². The number of hydrogen-bond donors (Lipinski definition) is 1. The highest BCUT2D eigenvalue weighted by Crippen LogP contribution is 2.30. The van der Waals surface area contributed by atoms with Gasteiger partial charge in [-0.05, 0) is 13.0 Å². The van der Waals surface area contributed by atoms with Crippen molar-refractivity contribution >= 4 is 23.4 Å². The number of nitro benzene ring substituents is 2. The molecule has 1 amide bonds. The standard InChI is InChI=1S/C11H11N3O8/c1-2-21-10(15)6-12-11(16)22-9-4-3-7(13(17)18)5-8(9)14(19)20/h3-5H,2,6H2,1H3,(H,12,16). The molecule has 0 saturated heterocycles. The number of nitrogens with zero attached hydrogens (tertiary/aromatic N) is 2. The van der Waals surface area contributed by atoms with Crippen LogP contribution in [0.3, 0.4) is 0 Å². The molecule has 0 aromatic heterocycles. The predicted molar refractivity (Wildman–Crippen MR) is 70.4 cm³/mol. The minimum absolute atomic E-state index is 0.128. The Hall–Kier alpha value is -3.24. The van der Waals surface area contributed by atoms with E-state index in [4.69, 9.17) is 0 Å². The fourth-order valence-corrected chi connectivity index (χ4v) is 1.34. The molecule has 0 fully saturated rings. The first kappa shape index (κ1) is 16.8. The van der Waals surface area contributed by atoms with Crippen molar-refractivity contribution in [2.75, 3.05) is 13.2 Å². The van der Waals surface area contributed by atoms with Gasteiger partial charge >= 0.3 is 17.7 Å². The second kappa shape index (κ2) is 7.52. The maximum atomic E-state index is 11.4. The summed E-state index contributed by atoms with van der Waals surface area (Å²) in [5, 5.41) is 23.4. The largest absolute Gasteiger partial charge is 0.465 e. The molecule has 1 rings (SSSR count). The van der Waals surface area contributed by atoms with Gasteiger partial charge in [0.2, 0.25) is 5.75 Å². The molecule has 0 aliphatic heterocycles. The lowest BCUT2D eigenvalue weighted by Gasteiger charge is -2.06. The maximum Gasteiger partial charge on any atom is 0.413 e. The molecule has 1 N–H and O–H groups in total. The summed E-state index contributed by atoms with van der Waals surface area (Å²) in [6.07, 6.45) is -1.13. The van der Waals surface area contributed by atoms with Crippen LogP contribution in [0, 0.1) is 20.2 Å². The number of nitro groups is 2. The van der Waals surface area contributed by atoms with Gasteiger partial charge in [0, 0.05) is 6.07 Å². The molecule has 0 aliphatic rings. The van der Waals surface area contributed by atoms with Crippen molar-refractivity contribution in [3.05, 3.63) is 38.4 Å². The number of carbonyl (C=O) groups excluding carboxylic acids is 2. The van der Waals surface area contributed by atoms with E-state index in [1.54, 1.807) is 6.92 Å². The zero-order valence-electron chi connectivity index (χ0n) is 11.3. The van der Waals surface area contributed by atoms with E-state index in [-0.39, 0.29) is 6.61 Å². The second-order valence-corrected chi connectivity index (χ2v) is 3.71. The Morgan fingerprint density at radius 2 is 1.91 bits per heavy atom. The van der Waals surface area contributed by atoms with Gasteiger partial charge in [0.25, 0.3) is 5.69 Å². The highest BCUT2D eigenvalue weighted by atomic mass is 16.6. The zero-order valence-corrected chi connectivity index (χ0v) is 11.3. The molecule has 118 valence electrons. The van der Waals surface area contributed by atoms with Crippen LogP contribution in [-0.2, 0) is 9.53 Å². The molecule has 1 aromatic carbocycles. The summed E-state index contributed by atoms with van der Waals surface area (Å²) in [7, 11) is 0. The highest BCUT2D eigenvalue weighted by Gasteiger charge is 2.22. The molecular weight excluding hydrogens is 302 g/mol. The molecule has 22 heavy (non-hydrogen) atoms. The van der Waals surface area contributed by atoms with Gasteiger partial charge in [0.1, 0.15) is 6.54 Å². The third-order valence-electron chi connectivity index (χ3n) is 2.24. The van der Waals surface area contributed by atoms with Gasteiger partial charge in [0.05, 0.1) is 22.5 Å². The molecule has 0 spiro atoms. The lowest BCUT2D eigenvalue weighted by atomic mass is 10.2. The van der Waals surface area contributed by atoms with Gasteiger partial charge in [0.15, 0.2) is 0 Å². The summed E-state index contributed by atoms with van der Waals surface area (Å²) >= 11 is 0. The van der Waals surface area contributed by atoms with Crippen LogP contribution in [-0.4, -0.2) is 35.1 Å². The predicted octanol–water partition coefficient (Wildman–Crippen LogP) is 1.15. The Labute approximate surface area is 123 Å². The van der Waals surface area contributed by atoms with Gasteiger partial charge in [-0.25, -0.2) is 4.79 Å². The van der Waals surface area contributed by atoms with Gasteiger partial charge in [-0.15, -0.1) is 0 Å². The molecule has 0 saturated carbocycles. The molecular formula is C11H11N3O8. The fraction of sp³-hybridized carbons (Fsp3) is 0.273. The molecule has 0 bridgehead atoms. The third-order valence-corrected chi connectivity index (χ3v) is 2.24. The zero-order chi connectivity index (χ0) is 16.7. The van der Waals surface area contributed by atoms with Crippen LogP contribution in [0.2, 0.25) is 0 Å². The van der Waals surface area contributed by atoms with Crippen molar-refractivity contribution in [3.63, 3.8) is 0 Å². The van der Waals surface area contributed by atoms with Crippen LogP contribution in [0.5, 0.6) is 5.75 Å². The molecule has 0 aliphatic carbocycles. The molecule has 0 atom stereocenters. The van der Waals surface area contributed by atoms with E-state index in [0.717, 1.165) is 12.1 Å². The molecule has 1 aromatic rings. The first-order chi connectivity index (χ1) is 10.3. The summed E-state index contributed by atoms with van der Waals surface area (Å²) in [6.45, 7) is 1.23. The van der Waals surface area contributed by atoms with Crippen LogP contribution in [0.4, 0.5) is 16.2 Å². The van der Waals surface area contributed by atoms with E-state index in [2.05, 4.69) is 9.47 Å². The van der Waals surface area contributed by atoms with Crippen molar-refractivity contribution < 1.29 is 28.9 Å². The van der Waals surface area contributed by atoms with E-state index in [1.807, 2.05) is 5.32 Å². The summed E-state index contributed by atoms with van der Waals surface area (Å²) < 4.78 is 9.20. The second-order valence-electron chi connectivity index (χ2n) is 3.71. The normalized spacial score (nSPS) is 9.68. The Kier molecular flexibility index (Phi) is 5.75. The molecule has 0 radical (unpaired) electrons. The van der Waals surface area contributed by atoms with Gasteiger partial charge in [-0.1, -0.05) is 0 Å². The lowest BCUT2D eigenvalue weighted by Crippen LogP contribution is -2.33. The summed E-state index contributed by atoms with van der Waals surface area (Å²) in [5.74, 6) is -1.20. The van der Waals surface area contributed by atoms with Crippen molar-refractivity contribution in [2.24, 2.45) is 0 Å². The number of non-ortho nitro benzene ring substituents is 1. The Morgan fingerprint density at radius 3 is 2.45 bits per heavy atom. The van der Waals surface area contributed by atoms with Crippen LogP contribution in [0.15, 0.2) is 18.2 Å². The number of hydrogen-bond acceptors (Lipinski definition) is 8. The molecule has 0 heterocycles. The van der Waals surface area contributed by atoms with E-state index < -0.39 is 45.6 Å². The fourth-order valence-electron chi connectivity index (χ4n) is 1.34. The summed E-state index contributed by atoms with van der Waals surface area (Å²) in [5.41, 5.74) is -1.27. The summed E-state index contributed by atoms with van der Waals surface area (Å²) in [6, 6.07) is 2.52. The van der Waals surface area contributed by atoms with Crippen molar-refractivity contribution in [3.8, 4) is 5.75 Å². The van der Waals surface area contributed by atoms with Crippen molar-refractivity contribution in [1.82, 2.24) is 5.32 Å². The first-order valence-corrected chi connectivity index (χ1v) is 5.89. The summed E-state index contributed by atoms with van der Waals surface area (Å²) in [4.78, 5) is 42.1. The molecule has 0 unspecified atom stereocenters. The quantitative estimate of drug-likeness (QED) is 0.466. The first-order valence-electron chi connectivity index (χ1n) is 5.89. The minimum atomic E-state index is -1.13. The molecule has 11 nitrogen and oxygen atoms in total. The van der Waals surface area contributed by atoms with Crippen molar-refractivity contribution in [1.29, 1.82) is 0 Å². The van der Waals surface area contributed by atoms with E-state index in [9.17, 15) is 29.8 Å². The Morgan fingerprint density at radius 1 is 1.23 bits per heavy atom. The van der Waals surface area contributed by atoms with Gasteiger partial charge in [-0.3, -0.25) is 25.0 Å². The van der Waals surface area contributed by atoms with E-state index >= 15 is 0 Å². The number of benzene rings is 1. The smallest absolute Gasteiger partial charge is 0.413 e. The number of esters is 1. The number of ether oxygens (including phenoxy) is 2. The van der Waals surface area contributed by atoms with Gasteiger partial charge in [-0.2, -0.15) is 0 Å². The van der Waals surface area contributed by atoms with Gasteiger partial charge < -0.3 is 14.8 Å². The number of nitrogens with one attached hydrogen (secondary N) is 1.